The fourth-order valence-corrected chi connectivity index (χ4v) is 2.90. The van der Waals surface area contributed by atoms with Gasteiger partial charge in [-0.25, -0.2) is 0 Å². The van der Waals surface area contributed by atoms with Crippen molar-refractivity contribution in [1.82, 2.24) is 0 Å². The van der Waals surface area contributed by atoms with E-state index in [4.69, 9.17) is 11.5 Å². The van der Waals surface area contributed by atoms with E-state index in [1.807, 2.05) is 0 Å². The smallest absolute Gasteiger partial charge is 0.323 e. The number of hydrogen-bond acceptors (Lipinski definition) is 8. The van der Waals surface area contributed by atoms with Gasteiger partial charge in [0.05, 0.1) is 14.2 Å². The molecule has 2 unspecified atom stereocenters. The SMILES string of the molecule is COC(=O)C(N)CSSCC(N)C(=O)OC.O.O. The number of rotatable bonds is 7. The van der Waals surface area contributed by atoms with Crippen molar-refractivity contribution >= 4 is 33.5 Å². The lowest BCUT2D eigenvalue weighted by atomic mass is 10.4. The van der Waals surface area contributed by atoms with E-state index < -0.39 is 24.0 Å². The van der Waals surface area contributed by atoms with E-state index in [0.717, 1.165) is 0 Å². The molecule has 110 valence electrons. The van der Waals surface area contributed by atoms with Crippen molar-refractivity contribution in [1.29, 1.82) is 0 Å². The Kier molecular flexibility index (Phi) is 16.3. The first-order valence-electron chi connectivity index (χ1n) is 4.44. The molecule has 0 fully saturated rings. The Labute approximate surface area is 113 Å². The van der Waals surface area contributed by atoms with Crippen LogP contribution in [0.1, 0.15) is 0 Å². The molecule has 0 amide bonds. The van der Waals surface area contributed by atoms with Gasteiger partial charge in [0.1, 0.15) is 12.1 Å². The van der Waals surface area contributed by atoms with E-state index in [2.05, 4.69) is 9.47 Å². The first kappa shape index (κ1) is 22.6. The zero-order chi connectivity index (χ0) is 12.6. The van der Waals surface area contributed by atoms with Gasteiger partial charge in [-0.3, -0.25) is 9.59 Å². The number of ether oxygens (including phenoxy) is 2. The molecule has 0 rings (SSSR count). The van der Waals surface area contributed by atoms with Gasteiger partial charge >= 0.3 is 11.9 Å². The minimum absolute atomic E-state index is 0. The molecule has 0 heterocycles. The fourth-order valence-electron chi connectivity index (χ4n) is 0.682. The van der Waals surface area contributed by atoms with Crippen molar-refractivity contribution in [2.75, 3.05) is 25.7 Å². The second-order valence-corrected chi connectivity index (χ2v) is 5.38. The maximum Gasteiger partial charge on any atom is 0.323 e. The lowest BCUT2D eigenvalue weighted by Crippen LogP contribution is -2.34. The minimum atomic E-state index is -0.656. The topological polar surface area (TPSA) is 168 Å². The highest BCUT2D eigenvalue weighted by Crippen LogP contribution is 2.22. The van der Waals surface area contributed by atoms with Gasteiger partial charge in [0, 0.05) is 11.5 Å². The highest BCUT2D eigenvalue weighted by Gasteiger charge is 2.16. The average Bonchev–Trinajstić information content (AvgIpc) is 2.31. The van der Waals surface area contributed by atoms with Crippen molar-refractivity contribution in [3.8, 4) is 0 Å². The minimum Gasteiger partial charge on any atom is -0.468 e. The van der Waals surface area contributed by atoms with E-state index >= 15 is 0 Å². The Bertz CT molecular complexity index is 220. The molecule has 0 aromatic heterocycles. The van der Waals surface area contributed by atoms with Crippen molar-refractivity contribution in [3.05, 3.63) is 0 Å². The standard InChI is InChI=1S/C8H16N2O4S2.2H2O/c1-13-7(11)5(9)3-15-16-4-6(10)8(12)14-2;;/h5-6H,3-4,9-10H2,1-2H3;2*1H2. The Balaban J connectivity index is -0.00000112. The van der Waals surface area contributed by atoms with E-state index in [1.54, 1.807) is 0 Å². The maximum absolute atomic E-state index is 10.9. The van der Waals surface area contributed by atoms with Crippen LogP contribution in [0.15, 0.2) is 0 Å². The summed E-state index contributed by atoms with van der Waals surface area (Å²) in [5, 5.41) is 0. The van der Waals surface area contributed by atoms with Gasteiger partial charge in [0.2, 0.25) is 0 Å². The summed E-state index contributed by atoms with van der Waals surface area (Å²) in [6, 6.07) is -1.31. The Morgan fingerprint density at radius 2 is 1.22 bits per heavy atom. The van der Waals surface area contributed by atoms with Gasteiger partial charge in [-0.15, -0.1) is 0 Å². The zero-order valence-corrected chi connectivity index (χ0v) is 11.8. The molecular formula is C8H20N2O6S2. The molecule has 10 heteroatoms. The number of esters is 2. The third-order valence-electron chi connectivity index (χ3n) is 1.59. The first-order chi connectivity index (χ1) is 7.52. The van der Waals surface area contributed by atoms with Crippen LogP contribution in [0.3, 0.4) is 0 Å². The van der Waals surface area contributed by atoms with Gasteiger partial charge in [-0.05, 0) is 0 Å². The van der Waals surface area contributed by atoms with Gasteiger partial charge in [-0.2, -0.15) is 0 Å². The Morgan fingerprint density at radius 3 is 1.44 bits per heavy atom. The molecule has 8 nitrogen and oxygen atoms in total. The molecule has 0 aliphatic rings. The molecule has 18 heavy (non-hydrogen) atoms. The van der Waals surface area contributed by atoms with Crippen LogP contribution in [0.2, 0.25) is 0 Å². The number of hydrogen-bond donors (Lipinski definition) is 2. The quantitative estimate of drug-likeness (QED) is 0.301. The van der Waals surface area contributed by atoms with Crippen molar-refractivity contribution in [3.63, 3.8) is 0 Å². The molecule has 0 aromatic rings. The molecular weight excluding hydrogens is 284 g/mol. The number of carbonyl (C=O) groups is 2. The summed E-state index contributed by atoms with van der Waals surface area (Å²) in [6.45, 7) is 0. The van der Waals surface area contributed by atoms with Crippen LogP contribution in [0.4, 0.5) is 0 Å². The molecule has 0 bridgehead atoms. The van der Waals surface area contributed by atoms with Crippen molar-refractivity contribution in [2.24, 2.45) is 11.5 Å². The third kappa shape index (κ3) is 9.50. The van der Waals surface area contributed by atoms with Gasteiger partial charge in [-0.1, -0.05) is 21.6 Å². The van der Waals surface area contributed by atoms with Gasteiger partial charge in [0.25, 0.3) is 0 Å². The predicted molar refractivity (Wildman–Crippen MR) is 72.1 cm³/mol. The Hall–Kier alpha value is -0.520. The summed E-state index contributed by atoms with van der Waals surface area (Å²) in [5.74, 6) is -0.0908. The van der Waals surface area contributed by atoms with Crippen LogP contribution < -0.4 is 11.5 Å². The van der Waals surface area contributed by atoms with Crippen LogP contribution in [0.5, 0.6) is 0 Å². The summed E-state index contributed by atoms with van der Waals surface area (Å²) in [4.78, 5) is 21.9. The largest absolute Gasteiger partial charge is 0.468 e. The van der Waals surface area contributed by atoms with Crippen LogP contribution in [0.25, 0.3) is 0 Å². The number of methoxy groups -OCH3 is 2. The summed E-state index contributed by atoms with van der Waals surface area (Å²) in [6.07, 6.45) is 0. The second kappa shape index (κ2) is 12.9. The molecule has 0 aliphatic heterocycles. The van der Waals surface area contributed by atoms with Gasteiger partial charge < -0.3 is 31.9 Å². The summed E-state index contributed by atoms with van der Waals surface area (Å²) < 4.78 is 8.92. The van der Waals surface area contributed by atoms with Crippen LogP contribution in [0, 0.1) is 0 Å². The second-order valence-electron chi connectivity index (χ2n) is 2.83. The monoisotopic (exact) mass is 304 g/mol. The molecule has 0 aromatic carbocycles. The highest BCUT2D eigenvalue weighted by atomic mass is 33.1. The molecule has 0 spiro atoms. The predicted octanol–water partition coefficient (Wildman–Crippen LogP) is -2.28. The molecule has 0 saturated carbocycles. The first-order valence-corrected chi connectivity index (χ1v) is 6.93. The van der Waals surface area contributed by atoms with Gasteiger partial charge in [0.15, 0.2) is 0 Å². The average molecular weight is 304 g/mol. The Morgan fingerprint density at radius 1 is 0.944 bits per heavy atom. The molecule has 2 atom stereocenters. The maximum atomic E-state index is 10.9. The lowest BCUT2D eigenvalue weighted by Gasteiger charge is -2.10. The van der Waals surface area contributed by atoms with Crippen LogP contribution >= 0.6 is 21.6 Å². The van der Waals surface area contributed by atoms with E-state index in [1.165, 1.54) is 35.8 Å². The summed E-state index contributed by atoms with van der Waals surface area (Å²) in [7, 11) is 5.30. The number of carbonyl (C=O) groups excluding carboxylic acids is 2. The molecule has 8 N–H and O–H groups in total. The number of nitrogens with two attached hydrogens (primary N) is 2. The van der Waals surface area contributed by atoms with E-state index in [-0.39, 0.29) is 11.0 Å². The summed E-state index contributed by atoms with van der Waals surface area (Å²) >= 11 is 0. The lowest BCUT2D eigenvalue weighted by molar-refractivity contribution is -0.142. The van der Waals surface area contributed by atoms with Crippen molar-refractivity contribution in [2.45, 2.75) is 12.1 Å². The van der Waals surface area contributed by atoms with Crippen LogP contribution in [-0.2, 0) is 19.1 Å². The zero-order valence-electron chi connectivity index (χ0n) is 10.2. The highest BCUT2D eigenvalue weighted by molar-refractivity contribution is 8.76. The molecule has 0 aliphatic carbocycles. The fraction of sp³-hybridized carbons (Fsp3) is 0.750. The van der Waals surface area contributed by atoms with E-state index in [0.29, 0.717) is 11.5 Å². The van der Waals surface area contributed by atoms with Crippen molar-refractivity contribution < 1.29 is 30.0 Å². The summed E-state index contributed by atoms with van der Waals surface area (Å²) in [5.41, 5.74) is 11.0. The molecule has 0 radical (unpaired) electrons. The molecule has 0 saturated heterocycles. The van der Waals surface area contributed by atoms with Crippen LogP contribution in [-0.4, -0.2) is 60.7 Å². The normalized spacial score (nSPS) is 12.4. The van der Waals surface area contributed by atoms with E-state index in [9.17, 15) is 9.59 Å². The third-order valence-corrected chi connectivity index (χ3v) is 4.06.